The lowest BCUT2D eigenvalue weighted by molar-refractivity contribution is 0.234. The summed E-state index contributed by atoms with van der Waals surface area (Å²) in [5, 5.41) is 1.16. The normalized spacial score (nSPS) is 13.9. The zero-order valence-corrected chi connectivity index (χ0v) is 13.8. The highest BCUT2D eigenvalue weighted by atomic mass is 32.1. The van der Waals surface area contributed by atoms with Crippen molar-refractivity contribution in [2.45, 2.75) is 34.2 Å². The number of aromatic nitrogens is 3. The lowest BCUT2D eigenvalue weighted by Crippen LogP contribution is -2.22. The number of benzene rings is 1. The number of nitrogens with one attached hydrogen (secondary N) is 1. The minimum atomic E-state index is 0.251. The molecule has 0 saturated heterocycles. The molecule has 0 aliphatic rings. The summed E-state index contributed by atoms with van der Waals surface area (Å²) in [6.45, 7) is 10.0. The Bertz CT molecular complexity index is 852. The molecule has 0 fully saturated rings. The van der Waals surface area contributed by atoms with E-state index >= 15 is 0 Å². The molecule has 1 atom stereocenters. The number of hydrogen-bond donors (Lipinski definition) is 1. The molecule has 4 heteroatoms. The van der Waals surface area contributed by atoms with E-state index in [1.807, 2.05) is 18.3 Å². The van der Waals surface area contributed by atoms with Crippen LogP contribution in [0.2, 0.25) is 0 Å². The van der Waals surface area contributed by atoms with E-state index in [9.17, 15) is 0 Å². The Kier molecular flexibility index (Phi) is 3.36. The van der Waals surface area contributed by atoms with Crippen LogP contribution in [-0.2, 0) is 6.54 Å². The van der Waals surface area contributed by atoms with Crippen molar-refractivity contribution in [1.82, 2.24) is 14.5 Å². The van der Waals surface area contributed by atoms with Gasteiger partial charge in [0.05, 0.1) is 22.7 Å². The molecule has 3 aromatic rings. The molecule has 110 valence electrons. The molecule has 0 spiro atoms. The average molecular weight is 299 g/mol. The molecule has 0 amide bonds. The molecule has 0 saturated carbocycles. The number of para-hydroxylation sites is 1. The van der Waals surface area contributed by atoms with Gasteiger partial charge in [-0.1, -0.05) is 45.9 Å². The first-order chi connectivity index (χ1) is 9.88. The predicted molar refractivity (Wildman–Crippen MR) is 91.0 cm³/mol. The van der Waals surface area contributed by atoms with Gasteiger partial charge in [0.1, 0.15) is 0 Å². The standard InChI is InChI=1S/C17H21N3S/c1-11(17(2,3)4)10-20-15-12-7-5-6-8-13(12)18-9-14(15)19-16(20)21/h5-9,11H,10H2,1-4H3,(H,19,21). The molecule has 0 radical (unpaired) electrons. The second kappa shape index (κ2) is 4.95. The largest absolute Gasteiger partial charge is 0.329 e. The maximum Gasteiger partial charge on any atom is 0.178 e. The Morgan fingerprint density at radius 2 is 2.00 bits per heavy atom. The van der Waals surface area contributed by atoms with E-state index in [0.29, 0.717) is 5.92 Å². The predicted octanol–water partition coefficient (Wildman–Crippen LogP) is 4.93. The molecular formula is C17H21N3S. The smallest absolute Gasteiger partial charge is 0.178 e. The fraction of sp³-hybridized carbons (Fsp3) is 0.412. The summed E-state index contributed by atoms with van der Waals surface area (Å²) in [5.74, 6) is 0.523. The van der Waals surface area contributed by atoms with E-state index < -0.39 is 0 Å². The first kappa shape index (κ1) is 14.3. The van der Waals surface area contributed by atoms with Gasteiger partial charge in [0, 0.05) is 11.9 Å². The van der Waals surface area contributed by atoms with E-state index in [-0.39, 0.29) is 5.41 Å². The van der Waals surface area contributed by atoms with Gasteiger partial charge in [-0.05, 0) is 29.6 Å². The van der Waals surface area contributed by atoms with Crippen molar-refractivity contribution >= 4 is 34.2 Å². The third-order valence-electron chi connectivity index (χ3n) is 4.44. The van der Waals surface area contributed by atoms with E-state index in [1.165, 1.54) is 5.52 Å². The van der Waals surface area contributed by atoms with Crippen molar-refractivity contribution in [3.05, 3.63) is 35.2 Å². The quantitative estimate of drug-likeness (QED) is 0.681. The van der Waals surface area contributed by atoms with Gasteiger partial charge >= 0.3 is 0 Å². The van der Waals surface area contributed by atoms with Crippen LogP contribution < -0.4 is 0 Å². The van der Waals surface area contributed by atoms with Crippen LogP contribution in [0.3, 0.4) is 0 Å². The molecular weight excluding hydrogens is 278 g/mol. The monoisotopic (exact) mass is 299 g/mol. The molecule has 3 nitrogen and oxygen atoms in total. The van der Waals surface area contributed by atoms with Gasteiger partial charge in [0.15, 0.2) is 4.77 Å². The number of rotatable bonds is 2. The van der Waals surface area contributed by atoms with Crippen LogP contribution in [0.1, 0.15) is 27.7 Å². The minimum absolute atomic E-state index is 0.251. The van der Waals surface area contributed by atoms with Crippen LogP contribution in [0, 0.1) is 16.1 Å². The maximum atomic E-state index is 5.54. The lowest BCUT2D eigenvalue weighted by Gasteiger charge is -2.27. The summed E-state index contributed by atoms with van der Waals surface area (Å²) in [6.07, 6.45) is 1.88. The zero-order valence-electron chi connectivity index (χ0n) is 13.0. The van der Waals surface area contributed by atoms with Crippen LogP contribution in [0.5, 0.6) is 0 Å². The van der Waals surface area contributed by atoms with Crippen molar-refractivity contribution in [3.63, 3.8) is 0 Å². The van der Waals surface area contributed by atoms with Crippen molar-refractivity contribution in [1.29, 1.82) is 0 Å². The number of fused-ring (bicyclic) bond motifs is 3. The third kappa shape index (κ3) is 2.48. The van der Waals surface area contributed by atoms with E-state index in [4.69, 9.17) is 12.2 Å². The molecule has 1 N–H and O–H groups in total. The molecule has 1 aromatic carbocycles. The molecule has 0 bridgehead atoms. The van der Waals surface area contributed by atoms with Crippen LogP contribution >= 0.6 is 12.2 Å². The highest BCUT2D eigenvalue weighted by molar-refractivity contribution is 7.71. The van der Waals surface area contributed by atoms with Gasteiger partial charge in [-0.25, -0.2) is 0 Å². The molecule has 2 aromatic heterocycles. The second-order valence-electron chi connectivity index (χ2n) is 6.85. The molecule has 1 unspecified atom stereocenters. The summed E-state index contributed by atoms with van der Waals surface area (Å²) in [6, 6.07) is 8.23. The van der Waals surface area contributed by atoms with Crippen molar-refractivity contribution < 1.29 is 0 Å². The third-order valence-corrected chi connectivity index (χ3v) is 4.76. The minimum Gasteiger partial charge on any atom is -0.329 e. The summed E-state index contributed by atoms with van der Waals surface area (Å²) < 4.78 is 3.00. The average Bonchev–Trinajstić information content (AvgIpc) is 2.74. The zero-order chi connectivity index (χ0) is 15.2. The molecule has 0 aliphatic heterocycles. The van der Waals surface area contributed by atoms with Gasteiger partial charge < -0.3 is 9.55 Å². The molecule has 0 aliphatic carbocycles. The van der Waals surface area contributed by atoms with E-state index in [1.54, 1.807) is 0 Å². The Labute approximate surface area is 130 Å². The summed E-state index contributed by atoms with van der Waals surface area (Å²) >= 11 is 5.54. The van der Waals surface area contributed by atoms with Gasteiger partial charge in [-0.3, -0.25) is 4.98 Å². The number of pyridine rings is 1. The number of aromatic amines is 1. The lowest BCUT2D eigenvalue weighted by atomic mass is 9.82. The fourth-order valence-corrected chi connectivity index (χ4v) is 2.79. The van der Waals surface area contributed by atoms with Crippen molar-refractivity contribution in [2.75, 3.05) is 0 Å². The summed E-state index contributed by atoms with van der Waals surface area (Å²) in [7, 11) is 0. The number of imidazole rings is 1. The van der Waals surface area contributed by atoms with Gasteiger partial charge in [0.25, 0.3) is 0 Å². The number of H-pyrrole nitrogens is 1. The van der Waals surface area contributed by atoms with Crippen LogP contribution in [0.15, 0.2) is 30.5 Å². The number of nitrogens with zero attached hydrogens (tertiary/aromatic N) is 2. The Morgan fingerprint density at radius 1 is 1.29 bits per heavy atom. The topological polar surface area (TPSA) is 33.6 Å². The molecule has 21 heavy (non-hydrogen) atoms. The fourth-order valence-electron chi connectivity index (χ4n) is 2.52. The molecule has 3 rings (SSSR count). The van der Waals surface area contributed by atoms with Crippen molar-refractivity contribution in [3.8, 4) is 0 Å². The highest BCUT2D eigenvalue weighted by Gasteiger charge is 2.22. The van der Waals surface area contributed by atoms with Crippen LogP contribution in [0.25, 0.3) is 21.9 Å². The first-order valence-electron chi connectivity index (χ1n) is 7.34. The summed E-state index contributed by atoms with van der Waals surface area (Å²) in [4.78, 5) is 7.79. The maximum absolute atomic E-state index is 5.54. The van der Waals surface area contributed by atoms with Crippen LogP contribution in [0.4, 0.5) is 0 Å². The van der Waals surface area contributed by atoms with Gasteiger partial charge in [-0.2, -0.15) is 0 Å². The van der Waals surface area contributed by atoms with Crippen molar-refractivity contribution in [2.24, 2.45) is 11.3 Å². The Morgan fingerprint density at radius 3 is 2.71 bits per heavy atom. The SMILES string of the molecule is CC(Cn1c(=S)[nH]c2cnc3ccccc3c21)C(C)(C)C. The second-order valence-corrected chi connectivity index (χ2v) is 7.23. The molecule has 2 heterocycles. The van der Waals surface area contributed by atoms with Crippen LogP contribution in [-0.4, -0.2) is 14.5 Å². The number of hydrogen-bond acceptors (Lipinski definition) is 2. The first-order valence-corrected chi connectivity index (χ1v) is 7.75. The van der Waals surface area contributed by atoms with E-state index in [2.05, 4.69) is 54.4 Å². The summed E-state index contributed by atoms with van der Waals surface area (Å²) in [5.41, 5.74) is 3.44. The highest BCUT2D eigenvalue weighted by Crippen LogP contribution is 2.30. The Balaban J connectivity index is 2.24. The van der Waals surface area contributed by atoms with E-state index in [0.717, 1.165) is 27.7 Å². The van der Waals surface area contributed by atoms with Gasteiger partial charge in [-0.15, -0.1) is 0 Å². The van der Waals surface area contributed by atoms with Gasteiger partial charge in [0.2, 0.25) is 0 Å². The Hall–Kier alpha value is -1.68.